The molecule has 2 aliphatic heterocycles. The minimum absolute atomic E-state index is 0.214. The van der Waals surface area contributed by atoms with Gasteiger partial charge >= 0.3 is 0 Å². The number of amides is 2. The molecule has 4 heterocycles. The SMILES string of the molecule is CN1C(=O)c2c(c3c4ccccc4n4c3c3c2c2ccccc2n3C/C=C\C4)C1=O. The first-order chi connectivity index (χ1) is 14.7. The highest BCUT2D eigenvalue weighted by atomic mass is 16.2. The fourth-order valence-electron chi connectivity index (χ4n) is 5.45. The van der Waals surface area contributed by atoms with Crippen LogP contribution < -0.4 is 0 Å². The Labute approximate surface area is 171 Å². The van der Waals surface area contributed by atoms with Gasteiger partial charge in [-0.1, -0.05) is 48.6 Å². The van der Waals surface area contributed by atoms with Gasteiger partial charge in [-0.2, -0.15) is 0 Å². The first kappa shape index (κ1) is 16.0. The second-order valence-electron chi connectivity index (χ2n) is 8.09. The molecule has 0 atom stereocenters. The molecule has 7 rings (SSSR count). The molecule has 0 N–H and O–H groups in total. The van der Waals surface area contributed by atoms with Crippen LogP contribution in [0.15, 0.2) is 60.7 Å². The summed E-state index contributed by atoms with van der Waals surface area (Å²) in [7, 11) is 1.58. The van der Waals surface area contributed by atoms with Gasteiger partial charge in [0.1, 0.15) is 0 Å². The van der Waals surface area contributed by atoms with E-state index >= 15 is 0 Å². The Morgan fingerprint density at radius 3 is 1.57 bits per heavy atom. The van der Waals surface area contributed by atoms with E-state index in [0.717, 1.165) is 56.7 Å². The smallest absolute Gasteiger partial charge is 0.262 e. The molecule has 5 aromatic rings. The van der Waals surface area contributed by atoms with Crippen molar-refractivity contribution in [2.75, 3.05) is 7.05 Å². The Morgan fingerprint density at radius 2 is 1.10 bits per heavy atom. The maximum Gasteiger partial charge on any atom is 0.262 e. The average Bonchev–Trinajstić information content (AvgIpc) is 3.32. The number of hydrogen-bond donors (Lipinski definition) is 0. The van der Waals surface area contributed by atoms with Gasteiger partial charge in [0.05, 0.1) is 22.2 Å². The number of carbonyl (C=O) groups excluding carboxylic acids is 2. The summed E-state index contributed by atoms with van der Waals surface area (Å²) < 4.78 is 4.57. The van der Waals surface area contributed by atoms with Crippen LogP contribution in [0.2, 0.25) is 0 Å². The van der Waals surface area contributed by atoms with Gasteiger partial charge in [-0.25, -0.2) is 0 Å². The molecule has 30 heavy (non-hydrogen) atoms. The second kappa shape index (κ2) is 5.19. The van der Waals surface area contributed by atoms with E-state index < -0.39 is 0 Å². The molecule has 0 aliphatic carbocycles. The molecule has 2 aromatic heterocycles. The van der Waals surface area contributed by atoms with Gasteiger partial charge < -0.3 is 9.13 Å². The molecular weight excluding hydrogens is 374 g/mol. The lowest BCUT2D eigenvalue weighted by molar-refractivity contribution is 0.0694. The Morgan fingerprint density at radius 1 is 0.667 bits per heavy atom. The Hall–Kier alpha value is -3.86. The van der Waals surface area contributed by atoms with Crippen LogP contribution in [0.1, 0.15) is 20.7 Å². The normalized spacial score (nSPS) is 16.9. The zero-order valence-electron chi connectivity index (χ0n) is 16.3. The standard InChI is InChI=1S/C25H17N3O2/c1-26-24(29)20-18-14-8-2-4-10-16(14)27-12-6-7-13-28-17-11-5-3-9-15(17)19(21(20)25(26)30)23(28)22(18)27/h2-11H,12-13H2,1H3/b7-6-. The van der Waals surface area contributed by atoms with Crippen molar-refractivity contribution in [2.45, 2.75) is 13.1 Å². The minimum Gasteiger partial charge on any atom is -0.335 e. The number of carbonyl (C=O) groups is 2. The van der Waals surface area contributed by atoms with E-state index in [9.17, 15) is 9.59 Å². The number of fused-ring (bicyclic) bond motifs is 9. The Bertz CT molecular complexity index is 1530. The highest BCUT2D eigenvalue weighted by Gasteiger charge is 2.40. The first-order valence-corrected chi connectivity index (χ1v) is 10.1. The van der Waals surface area contributed by atoms with Crippen LogP contribution in [0, 0.1) is 0 Å². The lowest BCUT2D eigenvalue weighted by Gasteiger charge is -2.13. The van der Waals surface area contributed by atoms with E-state index in [0.29, 0.717) is 11.1 Å². The van der Waals surface area contributed by atoms with Gasteiger partial charge in [0, 0.05) is 52.7 Å². The number of allylic oxidation sites excluding steroid dienone is 2. The summed E-state index contributed by atoms with van der Waals surface area (Å²) in [6.07, 6.45) is 4.36. The molecule has 3 aromatic carbocycles. The first-order valence-electron chi connectivity index (χ1n) is 10.1. The monoisotopic (exact) mass is 391 g/mol. The van der Waals surface area contributed by atoms with Crippen molar-refractivity contribution in [3.8, 4) is 0 Å². The lowest BCUT2D eigenvalue weighted by Crippen LogP contribution is -2.24. The van der Waals surface area contributed by atoms with Gasteiger partial charge in [-0.05, 0) is 12.1 Å². The summed E-state index contributed by atoms with van der Waals surface area (Å²) in [5.41, 5.74) is 5.35. The summed E-state index contributed by atoms with van der Waals surface area (Å²) in [4.78, 5) is 27.9. The average molecular weight is 391 g/mol. The van der Waals surface area contributed by atoms with Gasteiger partial charge in [-0.3, -0.25) is 14.5 Å². The van der Waals surface area contributed by atoms with Crippen LogP contribution in [-0.2, 0) is 13.1 Å². The molecule has 0 saturated carbocycles. The van der Waals surface area contributed by atoms with Crippen molar-refractivity contribution in [1.82, 2.24) is 14.0 Å². The second-order valence-corrected chi connectivity index (χ2v) is 8.09. The number of hydrogen-bond acceptors (Lipinski definition) is 2. The molecule has 144 valence electrons. The molecule has 0 fully saturated rings. The summed E-state index contributed by atoms with van der Waals surface area (Å²) in [6, 6.07) is 16.4. The van der Waals surface area contributed by atoms with Crippen molar-refractivity contribution < 1.29 is 9.59 Å². The van der Waals surface area contributed by atoms with E-state index in [2.05, 4.69) is 45.6 Å². The number of benzene rings is 3. The zero-order valence-corrected chi connectivity index (χ0v) is 16.3. The maximum absolute atomic E-state index is 13.3. The zero-order chi connectivity index (χ0) is 20.1. The molecule has 0 radical (unpaired) electrons. The molecule has 2 aliphatic rings. The molecule has 0 unspecified atom stereocenters. The van der Waals surface area contributed by atoms with Crippen LogP contribution >= 0.6 is 0 Å². The third-order valence-electron chi connectivity index (χ3n) is 6.70. The Balaban J connectivity index is 1.93. The van der Waals surface area contributed by atoms with Crippen molar-refractivity contribution >= 4 is 55.4 Å². The fraction of sp³-hybridized carbons (Fsp3) is 0.120. The largest absolute Gasteiger partial charge is 0.335 e. The summed E-state index contributed by atoms with van der Waals surface area (Å²) in [5.74, 6) is -0.427. The van der Waals surface area contributed by atoms with E-state index in [1.165, 1.54) is 4.90 Å². The molecule has 0 spiro atoms. The summed E-state index contributed by atoms with van der Waals surface area (Å²) >= 11 is 0. The van der Waals surface area contributed by atoms with E-state index in [1.54, 1.807) is 7.05 Å². The topological polar surface area (TPSA) is 47.2 Å². The third-order valence-corrected chi connectivity index (χ3v) is 6.70. The number of para-hydroxylation sites is 2. The van der Waals surface area contributed by atoms with E-state index in [4.69, 9.17) is 0 Å². The van der Waals surface area contributed by atoms with Crippen LogP contribution in [0.4, 0.5) is 0 Å². The van der Waals surface area contributed by atoms with E-state index in [1.807, 2.05) is 24.3 Å². The predicted molar refractivity (Wildman–Crippen MR) is 118 cm³/mol. The quantitative estimate of drug-likeness (QED) is 0.284. The van der Waals surface area contributed by atoms with Crippen molar-refractivity contribution in [3.63, 3.8) is 0 Å². The molecule has 0 bridgehead atoms. The molecule has 2 amide bonds. The molecular formula is C25H17N3O2. The van der Waals surface area contributed by atoms with E-state index in [-0.39, 0.29) is 11.8 Å². The summed E-state index contributed by atoms with van der Waals surface area (Å²) in [5, 5.41) is 3.84. The van der Waals surface area contributed by atoms with Crippen molar-refractivity contribution in [1.29, 1.82) is 0 Å². The number of rotatable bonds is 0. The fourth-order valence-corrected chi connectivity index (χ4v) is 5.45. The van der Waals surface area contributed by atoms with Gasteiger partial charge in [-0.15, -0.1) is 0 Å². The number of aromatic nitrogens is 2. The van der Waals surface area contributed by atoms with Gasteiger partial charge in [0.15, 0.2) is 0 Å². The summed E-state index contributed by atoms with van der Waals surface area (Å²) in [6.45, 7) is 1.47. The van der Waals surface area contributed by atoms with Crippen molar-refractivity contribution in [2.24, 2.45) is 0 Å². The number of nitrogens with zero attached hydrogens (tertiary/aromatic N) is 3. The van der Waals surface area contributed by atoms with Gasteiger partial charge in [0.2, 0.25) is 0 Å². The minimum atomic E-state index is -0.214. The van der Waals surface area contributed by atoms with Gasteiger partial charge in [0.25, 0.3) is 11.8 Å². The van der Waals surface area contributed by atoms with Crippen molar-refractivity contribution in [3.05, 3.63) is 71.8 Å². The van der Waals surface area contributed by atoms with Crippen LogP contribution in [0.25, 0.3) is 43.6 Å². The molecule has 5 nitrogen and oxygen atoms in total. The maximum atomic E-state index is 13.3. The van der Waals surface area contributed by atoms with Crippen LogP contribution in [-0.4, -0.2) is 32.9 Å². The highest BCUT2D eigenvalue weighted by molar-refractivity contribution is 6.39. The number of imide groups is 1. The third kappa shape index (κ3) is 1.63. The molecule has 5 heteroatoms. The molecule has 0 saturated heterocycles. The van der Waals surface area contributed by atoms with Crippen LogP contribution in [0.3, 0.4) is 0 Å². The Kier molecular flexibility index (Phi) is 2.77. The lowest BCUT2D eigenvalue weighted by atomic mass is 9.96. The van der Waals surface area contributed by atoms with Crippen LogP contribution in [0.5, 0.6) is 0 Å². The highest BCUT2D eigenvalue weighted by Crippen LogP contribution is 2.46. The predicted octanol–water partition coefficient (Wildman–Crippen LogP) is 4.70.